The van der Waals surface area contributed by atoms with Crippen LogP contribution in [0.15, 0.2) is 65.1 Å². The summed E-state index contributed by atoms with van der Waals surface area (Å²) in [6.07, 6.45) is 4.61. The molecule has 0 spiro atoms. The predicted octanol–water partition coefficient (Wildman–Crippen LogP) is 4.40. The van der Waals surface area contributed by atoms with Crippen LogP contribution >= 0.6 is 0 Å². The van der Waals surface area contributed by atoms with Gasteiger partial charge in [-0.05, 0) is 56.0 Å². The highest BCUT2D eigenvalue weighted by atomic mass is 32.2. The Kier molecular flexibility index (Phi) is 5.73. The molecule has 3 rings (SSSR count). The van der Waals surface area contributed by atoms with E-state index in [1.54, 1.807) is 12.1 Å². The van der Waals surface area contributed by atoms with Crippen LogP contribution in [0.5, 0.6) is 0 Å². The van der Waals surface area contributed by atoms with Gasteiger partial charge >= 0.3 is 0 Å². The number of allylic oxidation sites excluding steroid dienone is 1. The van der Waals surface area contributed by atoms with E-state index in [1.165, 1.54) is 36.4 Å². The van der Waals surface area contributed by atoms with Crippen molar-refractivity contribution in [2.75, 3.05) is 0 Å². The summed E-state index contributed by atoms with van der Waals surface area (Å²) in [5.74, 6) is -1.05. The summed E-state index contributed by atoms with van der Waals surface area (Å²) in [5.41, 5.74) is 2.44. The monoisotopic (exact) mass is 384 g/mol. The van der Waals surface area contributed by atoms with Crippen molar-refractivity contribution in [3.8, 4) is 6.07 Å². The SMILES string of the molecule is Cc1ccc(S(=O)(=O)NC(c2ccc(F)cc2)C(C#N)C2=CCCC2)cc1. The maximum atomic E-state index is 13.4. The molecule has 2 aromatic carbocycles. The summed E-state index contributed by atoms with van der Waals surface area (Å²) in [6, 6.07) is 13.6. The zero-order valence-electron chi connectivity index (χ0n) is 15.0. The second-order valence-corrected chi connectivity index (χ2v) is 8.46. The number of nitrogens with zero attached hydrogens (tertiary/aromatic N) is 1. The molecule has 0 fully saturated rings. The summed E-state index contributed by atoms with van der Waals surface area (Å²) in [7, 11) is -3.84. The minimum atomic E-state index is -3.84. The molecule has 1 N–H and O–H groups in total. The van der Waals surface area contributed by atoms with E-state index in [1.807, 2.05) is 13.0 Å². The molecule has 2 unspecified atom stereocenters. The van der Waals surface area contributed by atoms with Crippen molar-refractivity contribution in [2.45, 2.75) is 37.1 Å². The quantitative estimate of drug-likeness (QED) is 0.750. The van der Waals surface area contributed by atoms with Crippen molar-refractivity contribution in [1.82, 2.24) is 4.72 Å². The van der Waals surface area contributed by atoms with Crippen molar-refractivity contribution in [2.24, 2.45) is 5.92 Å². The number of halogens is 1. The van der Waals surface area contributed by atoms with Crippen LogP contribution in [0.2, 0.25) is 0 Å². The fourth-order valence-corrected chi connectivity index (χ4v) is 4.54. The molecule has 0 heterocycles. The van der Waals surface area contributed by atoms with Gasteiger partial charge < -0.3 is 0 Å². The fraction of sp³-hybridized carbons (Fsp3) is 0.286. The van der Waals surface area contributed by atoms with E-state index >= 15 is 0 Å². The van der Waals surface area contributed by atoms with Crippen LogP contribution in [0.1, 0.15) is 36.4 Å². The number of sulfonamides is 1. The number of hydrogen-bond acceptors (Lipinski definition) is 3. The first-order valence-corrected chi connectivity index (χ1v) is 10.3. The van der Waals surface area contributed by atoms with E-state index in [-0.39, 0.29) is 4.90 Å². The summed E-state index contributed by atoms with van der Waals surface area (Å²) >= 11 is 0. The van der Waals surface area contributed by atoms with E-state index < -0.39 is 27.8 Å². The van der Waals surface area contributed by atoms with Crippen LogP contribution in [-0.2, 0) is 10.0 Å². The molecule has 1 aliphatic rings. The second kappa shape index (κ2) is 8.03. The van der Waals surface area contributed by atoms with Gasteiger partial charge in [0.05, 0.1) is 22.9 Å². The van der Waals surface area contributed by atoms with E-state index in [0.29, 0.717) is 5.56 Å². The lowest BCUT2D eigenvalue weighted by molar-refractivity contribution is 0.510. The summed E-state index contributed by atoms with van der Waals surface area (Å²) in [5, 5.41) is 9.78. The van der Waals surface area contributed by atoms with Crippen LogP contribution in [-0.4, -0.2) is 8.42 Å². The molecular formula is C21H21FN2O2S. The zero-order chi connectivity index (χ0) is 19.4. The third-order valence-electron chi connectivity index (χ3n) is 4.79. The summed E-state index contributed by atoms with van der Waals surface area (Å²) in [4.78, 5) is 0.136. The van der Waals surface area contributed by atoms with Crippen molar-refractivity contribution in [1.29, 1.82) is 5.26 Å². The normalized spacial score (nSPS) is 16.4. The van der Waals surface area contributed by atoms with Gasteiger partial charge in [-0.15, -0.1) is 0 Å². The molecule has 0 bridgehead atoms. The molecule has 0 aliphatic heterocycles. The predicted molar refractivity (Wildman–Crippen MR) is 102 cm³/mol. The number of nitriles is 1. The number of benzene rings is 2. The molecule has 6 heteroatoms. The molecule has 0 saturated carbocycles. The molecule has 0 radical (unpaired) electrons. The van der Waals surface area contributed by atoms with E-state index in [4.69, 9.17) is 0 Å². The molecule has 2 atom stereocenters. The van der Waals surface area contributed by atoms with Gasteiger partial charge in [0, 0.05) is 0 Å². The molecule has 1 aliphatic carbocycles. The van der Waals surface area contributed by atoms with Crippen LogP contribution < -0.4 is 4.72 Å². The third-order valence-corrected chi connectivity index (χ3v) is 6.25. The molecule has 27 heavy (non-hydrogen) atoms. The zero-order valence-corrected chi connectivity index (χ0v) is 15.8. The van der Waals surface area contributed by atoms with Crippen molar-refractivity contribution in [3.63, 3.8) is 0 Å². The lowest BCUT2D eigenvalue weighted by Gasteiger charge is -2.25. The number of hydrogen-bond donors (Lipinski definition) is 1. The number of nitrogens with one attached hydrogen (secondary N) is 1. The van der Waals surface area contributed by atoms with Gasteiger partial charge in [0.1, 0.15) is 5.82 Å². The van der Waals surface area contributed by atoms with Crippen molar-refractivity contribution < 1.29 is 12.8 Å². The minimum absolute atomic E-state index is 0.136. The van der Waals surface area contributed by atoms with Crippen LogP contribution in [0, 0.1) is 30.0 Å². The average Bonchev–Trinajstić information content (AvgIpc) is 3.17. The van der Waals surface area contributed by atoms with Gasteiger partial charge in [0.15, 0.2) is 0 Å². The number of aryl methyl sites for hydroxylation is 1. The Balaban J connectivity index is 2.00. The van der Waals surface area contributed by atoms with Gasteiger partial charge in [-0.1, -0.05) is 41.5 Å². The van der Waals surface area contributed by atoms with Crippen LogP contribution in [0.3, 0.4) is 0 Å². The van der Waals surface area contributed by atoms with Gasteiger partial charge in [-0.2, -0.15) is 5.26 Å². The Morgan fingerprint density at radius 2 is 1.78 bits per heavy atom. The van der Waals surface area contributed by atoms with E-state index in [2.05, 4.69) is 10.8 Å². The Hall–Kier alpha value is -2.49. The van der Waals surface area contributed by atoms with Crippen LogP contribution in [0.25, 0.3) is 0 Å². The second-order valence-electron chi connectivity index (χ2n) is 6.74. The lowest BCUT2D eigenvalue weighted by atomic mass is 9.88. The maximum Gasteiger partial charge on any atom is 0.241 e. The smallest absolute Gasteiger partial charge is 0.207 e. The lowest BCUT2D eigenvalue weighted by Crippen LogP contribution is -2.33. The van der Waals surface area contributed by atoms with Crippen LogP contribution in [0.4, 0.5) is 4.39 Å². The fourth-order valence-electron chi connectivity index (χ4n) is 3.30. The highest BCUT2D eigenvalue weighted by Crippen LogP contribution is 2.35. The largest absolute Gasteiger partial charge is 0.241 e. The molecular weight excluding hydrogens is 363 g/mol. The van der Waals surface area contributed by atoms with E-state index in [9.17, 15) is 18.1 Å². The highest BCUT2D eigenvalue weighted by molar-refractivity contribution is 7.89. The van der Waals surface area contributed by atoms with Crippen molar-refractivity contribution >= 4 is 10.0 Å². The average molecular weight is 384 g/mol. The van der Waals surface area contributed by atoms with Gasteiger partial charge in [0.25, 0.3) is 0 Å². The Bertz CT molecular complexity index is 974. The Morgan fingerprint density at radius 3 is 2.33 bits per heavy atom. The molecule has 0 amide bonds. The molecule has 0 saturated heterocycles. The highest BCUT2D eigenvalue weighted by Gasteiger charge is 2.31. The Morgan fingerprint density at radius 1 is 1.11 bits per heavy atom. The molecule has 2 aromatic rings. The first-order chi connectivity index (χ1) is 12.9. The Labute approximate surface area is 159 Å². The summed E-state index contributed by atoms with van der Waals surface area (Å²) in [6.45, 7) is 1.88. The van der Waals surface area contributed by atoms with Gasteiger partial charge in [-0.25, -0.2) is 17.5 Å². The van der Waals surface area contributed by atoms with E-state index in [0.717, 1.165) is 30.4 Å². The minimum Gasteiger partial charge on any atom is -0.207 e. The first kappa shape index (κ1) is 19.3. The molecule has 0 aromatic heterocycles. The molecule has 140 valence electrons. The third kappa shape index (κ3) is 4.44. The molecule has 4 nitrogen and oxygen atoms in total. The van der Waals surface area contributed by atoms with Gasteiger partial charge in [0.2, 0.25) is 10.0 Å². The van der Waals surface area contributed by atoms with Gasteiger partial charge in [-0.3, -0.25) is 0 Å². The maximum absolute atomic E-state index is 13.4. The number of rotatable bonds is 6. The topological polar surface area (TPSA) is 70.0 Å². The first-order valence-electron chi connectivity index (χ1n) is 8.84. The van der Waals surface area contributed by atoms with Crippen molar-refractivity contribution in [3.05, 3.63) is 77.1 Å². The standard InChI is InChI=1S/C21H21FN2O2S/c1-15-6-12-19(13-7-15)27(25,26)24-21(17-8-10-18(22)11-9-17)20(14-23)16-4-2-3-5-16/h4,6-13,20-21,24H,2-3,5H2,1H3. The summed E-state index contributed by atoms with van der Waals surface area (Å²) < 4.78 is 41.9.